The molecular formula is C17H21BrN2O2. The summed E-state index contributed by atoms with van der Waals surface area (Å²) in [7, 11) is 0. The Kier molecular flexibility index (Phi) is 4.54. The molecule has 1 unspecified atom stereocenters. The largest absolute Gasteiger partial charge is 0.485 e. The quantitative estimate of drug-likeness (QED) is 0.838. The maximum Gasteiger partial charge on any atom is 0.223 e. The Labute approximate surface area is 139 Å². The van der Waals surface area contributed by atoms with Crippen molar-refractivity contribution in [1.82, 2.24) is 5.32 Å². The van der Waals surface area contributed by atoms with Crippen LogP contribution >= 0.6 is 15.9 Å². The van der Waals surface area contributed by atoms with Gasteiger partial charge in [-0.15, -0.1) is 0 Å². The van der Waals surface area contributed by atoms with E-state index in [1.165, 1.54) is 11.1 Å². The van der Waals surface area contributed by atoms with Crippen LogP contribution in [0.25, 0.3) is 0 Å². The fourth-order valence-electron chi connectivity index (χ4n) is 3.08. The van der Waals surface area contributed by atoms with Gasteiger partial charge in [0, 0.05) is 25.7 Å². The molecule has 2 aliphatic rings. The number of hydrogen-bond donors (Lipinski definition) is 1. The maximum atomic E-state index is 11.7. The lowest BCUT2D eigenvalue weighted by atomic mass is 10.0. The Balaban J connectivity index is 1.81. The second-order valence-corrected chi connectivity index (χ2v) is 6.68. The van der Waals surface area contributed by atoms with Gasteiger partial charge in [-0.2, -0.15) is 0 Å². The van der Waals surface area contributed by atoms with Gasteiger partial charge in [-0.3, -0.25) is 4.79 Å². The second-order valence-electron chi connectivity index (χ2n) is 5.83. The number of ether oxygens (including phenoxy) is 1. The molecule has 3 rings (SSSR count). The van der Waals surface area contributed by atoms with Crippen LogP contribution in [0.15, 0.2) is 28.3 Å². The van der Waals surface area contributed by atoms with Crippen LogP contribution in [0.3, 0.4) is 0 Å². The van der Waals surface area contributed by atoms with Crippen LogP contribution in [0, 0.1) is 0 Å². The lowest BCUT2D eigenvalue weighted by Crippen LogP contribution is -2.27. The molecule has 0 saturated carbocycles. The minimum absolute atomic E-state index is 0.0711. The topological polar surface area (TPSA) is 41.6 Å². The van der Waals surface area contributed by atoms with Gasteiger partial charge >= 0.3 is 0 Å². The van der Waals surface area contributed by atoms with Crippen molar-refractivity contribution in [1.29, 1.82) is 0 Å². The Morgan fingerprint density at radius 2 is 2.23 bits per heavy atom. The molecule has 0 aliphatic carbocycles. The predicted octanol–water partition coefficient (Wildman–Crippen LogP) is 3.05. The third-order valence-electron chi connectivity index (χ3n) is 4.33. The molecule has 0 saturated heterocycles. The molecule has 5 heteroatoms. The van der Waals surface area contributed by atoms with E-state index in [1.54, 1.807) is 6.92 Å². The summed E-state index contributed by atoms with van der Waals surface area (Å²) in [5, 5.41) is 3.32. The average molecular weight is 365 g/mol. The van der Waals surface area contributed by atoms with Gasteiger partial charge < -0.3 is 15.0 Å². The molecule has 1 aromatic rings. The summed E-state index contributed by atoms with van der Waals surface area (Å²) in [6, 6.07) is 4.07. The molecule has 0 aromatic heterocycles. The van der Waals surface area contributed by atoms with E-state index >= 15 is 0 Å². The van der Waals surface area contributed by atoms with Crippen LogP contribution in [0.1, 0.15) is 25.8 Å². The number of anilines is 1. The minimum Gasteiger partial charge on any atom is -0.485 e. The monoisotopic (exact) mass is 364 g/mol. The SMILES string of the molecule is CC(=O)N1CCc2cc(OC(C)C3=CCNCC3)c(Br)cc21. The zero-order valence-electron chi connectivity index (χ0n) is 13.0. The molecule has 0 radical (unpaired) electrons. The van der Waals surface area contributed by atoms with E-state index in [0.717, 1.165) is 48.4 Å². The van der Waals surface area contributed by atoms with E-state index in [2.05, 4.69) is 40.3 Å². The summed E-state index contributed by atoms with van der Waals surface area (Å²) in [5.41, 5.74) is 3.52. The summed E-state index contributed by atoms with van der Waals surface area (Å²) in [4.78, 5) is 13.5. The Hall–Kier alpha value is -1.33. The minimum atomic E-state index is 0.0711. The molecule has 0 spiro atoms. The fraction of sp³-hybridized carbons (Fsp3) is 0.471. The summed E-state index contributed by atoms with van der Waals surface area (Å²) in [5.74, 6) is 0.948. The number of carbonyl (C=O) groups excluding carboxylic acids is 1. The number of carbonyl (C=O) groups is 1. The summed E-state index contributed by atoms with van der Waals surface area (Å²) in [6.45, 7) is 6.39. The summed E-state index contributed by atoms with van der Waals surface area (Å²) < 4.78 is 7.06. The van der Waals surface area contributed by atoms with Crippen LogP contribution in [-0.4, -0.2) is 31.6 Å². The van der Waals surface area contributed by atoms with Gasteiger partial charge in [0.05, 0.1) is 4.47 Å². The lowest BCUT2D eigenvalue weighted by Gasteiger charge is -2.23. The number of hydrogen-bond acceptors (Lipinski definition) is 3. The van der Waals surface area contributed by atoms with Gasteiger partial charge in [0.25, 0.3) is 0 Å². The molecule has 1 aromatic carbocycles. The van der Waals surface area contributed by atoms with Crippen molar-refractivity contribution in [2.45, 2.75) is 32.8 Å². The van der Waals surface area contributed by atoms with Crippen molar-refractivity contribution >= 4 is 27.5 Å². The maximum absolute atomic E-state index is 11.7. The van der Waals surface area contributed by atoms with Gasteiger partial charge in [-0.05, 0) is 65.5 Å². The number of nitrogens with one attached hydrogen (secondary N) is 1. The van der Waals surface area contributed by atoms with Gasteiger partial charge in [0.2, 0.25) is 5.91 Å². The molecule has 1 amide bonds. The van der Waals surface area contributed by atoms with Crippen LogP contribution in [0.5, 0.6) is 5.75 Å². The van der Waals surface area contributed by atoms with Crippen molar-refractivity contribution in [2.75, 3.05) is 24.5 Å². The fourth-order valence-corrected chi connectivity index (χ4v) is 3.51. The van der Waals surface area contributed by atoms with Crippen molar-refractivity contribution in [3.05, 3.63) is 33.8 Å². The molecule has 4 nitrogen and oxygen atoms in total. The number of benzene rings is 1. The first kappa shape index (κ1) is 15.6. The van der Waals surface area contributed by atoms with E-state index in [9.17, 15) is 4.79 Å². The molecule has 2 heterocycles. The molecular weight excluding hydrogens is 344 g/mol. The van der Waals surface area contributed by atoms with E-state index in [1.807, 2.05) is 11.0 Å². The highest BCUT2D eigenvalue weighted by molar-refractivity contribution is 9.10. The highest BCUT2D eigenvalue weighted by Crippen LogP contribution is 2.38. The van der Waals surface area contributed by atoms with Gasteiger partial charge in [0.15, 0.2) is 0 Å². The lowest BCUT2D eigenvalue weighted by molar-refractivity contribution is -0.116. The van der Waals surface area contributed by atoms with E-state index in [-0.39, 0.29) is 12.0 Å². The molecule has 1 atom stereocenters. The highest BCUT2D eigenvalue weighted by Gasteiger charge is 2.24. The van der Waals surface area contributed by atoms with Gasteiger partial charge in [-0.1, -0.05) is 6.08 Å². The predicted molar refractivity (Wildman–Crippen MR) is 91.5 cm³/mol. The van der Waals surface area contributed by atoms with Crippen LogP contribution in [-0.2, 0) is 11.2 Å². The number of fused-ring (bicyclic) bond motifs is 1. The van der Waals surface area contributed by atoms with Gasteiger partial charge in [0.1, 0.15) is 11.9 Å². The Morgan fingerprint density at radius 3 is 2.91 bits per heavy atom. The van der Waals surface area contributed by atoms with Crippen LogP contribution < -0.4 is 15.0 Å². The molecule has 0 fully saturated rings. The van der Waals surface area contributed by atoms with Crippen LogP contribution in [0.2, 0.25) is 0 Å². The zero-order valence-corrected chi connectivity index (χ0v) is 14.6. The van der Waals surface area contributed by atoms with E-state index in [4.69, 9.17) is 4.74 Å². The standard InChI is InChI=1S/C17H21BrN2O2/c1-11(13-3-6-19-7-4-13)22-17-9-14-5-8-20(12(2)21)16(14)10-15(17)18/h3,9-11,19H,4-8H2,1-2H3. The highest BCUT2D eigenvalue weighted by atomic mass is 79.9. The third kappa shape index (κ3) is 3.06. The second kappa shape index (κ2) is 6.42. The number of rotatable bonds is 3. The number of amides is 1. The normalized spacial score (nSPS) is 18.7. The molecule has 22 heavy (non-hydrogen) atoms. The molecule has 1 N–H and O–H groups in total. The summed E-state index contributed by atoms with van der Waals surface area (Å²) in [6.07, 6.45) is 4.20. The van der Waals surface area contributed by atoms with Crippen LogP contribution in [0.4, 0.5) is 5.69 Å². The van der Waals surface area contributed by atoms with Crippen molar-refractivity contribution in [3.63, 3.8) is 0 Å². The third-order valence-corrected chi connectivity index (χ3v) is 4.95. The van der Waals surface area contributed by atoms with Crippen molar-refractivity contribution < 1.29 is 9.53 Å². The first-order chi connectivity index (χ1) is 10.6. The molecule has 118 valence electrons. The molecule has 2 aliphatic heterocycles. The smallest absolute Gasteiger partial charge is 0.223 e. The van der Waals surface area contributed by atoms with E-state index < -0.39 is 0 Å². The summed E-state index contributed by atoms with van der Waals surface area (Å²) >= 11 is 3.58. The number of nitrogens with zero attached hydrogens (tertiary/aromatic N) is 1. The number of halogens is 1. The first-order valence-electron chi connectivity index (χ1n) is 7.73. The Morgan fingerprint density at radius 1 is 1.41 bits per heavy atom. The van der Waals surface area contributed by atoms with Gasteiger partial charge in [-0.25, -0.2) is 0 Å². The first-order valence-corrected chi connectivity index (χ1v) is 8.52. The van der Waals surface area contributed by atoms with Crippen molar-refractivity contribution in [3.8, 4) is 5.75 Å². The average Bonchev–Trinajstić information content (AvgIpc) is 2.91. The van der Waals surface area contributed by atoms with Crippen molar-refractivity contribution in [2.24, 2.45) is 0 Å². The Bertz CT molecular complexity index is 627. The zero-order chi connectivity index (χ0) is 15.7. The molecule has 0 bridgehead atoms. The van der Waals surface area contributed by atoms with E-state index in [0.29, 0.717) is 0 Å².